The predicted molar refractivity (Wildman–Crippen MR) is 78.2 cm³/mol. The first-order valence-electron chi connectivity index (χ1n) is 6.15. The molecule has 0 heterocycles. The first-order valence-corrected chi connectivity index (χ1v) is 6.15. The minimum atomic E-state index is 0.598. The molecule has 0 unspecified atom stereocenters. The van der Waals surface area contributed by atoms with Crippen LogP contribution in [0.5, 0.6) is 0 Å². The molecule has 0 aliphatic heterocycles. The standard InChI is InChI=1S/C17H13NO/c19-18-17-11-10-14(12-13-6-2-1-3-7-13)15-8-4-5-9-16(15)17/h1-12,19H/b14-12?,18-17-. The van der Waals surface area contributed by atoms with Crippen molar-refractivity contribution in [2.45, 2.75) is 0 Å². The molecule has 0 amide bonds. The van der Waals surface area contributed by atoms with Crippen LogP contribution in [-0.4, -0.2) is 10.9 Å². The van der Waals surface area contributed by atoms with Gasteiger partial charge in [-0.05, 0) is 28.9 Å². The maximum atomic E-state index is 9.03. The number of rotatable bonds is 1. The van der Waals surface area contributed by atoms with Crippen LogP contribution in [0, 0.1) is 0 Å². The van der Waals surface area contributed by atoms with E-state index in [0.29, 0.717) is 5.71 Å². The van der Waals surface area contributed by atoms with Gasteiger partial charge in [-0.25, -0.2) is 0 Å². The van der Waals surface area contributed by atoms with Crippen molar-refractivity contribution in [1.82, 2.24) is 0 Å². The summed E-state index contributed by atoms with van der Waals surface area (Å²) in [5.41, 5.74) is 4.91. The lowest BCUT2D eigenvalue weighted by Gasteiger charge is -2.14. The topological polar surface area (TPSA) is 32.6 Å². The van der Waals surface area contributed by atoms with Gasteiger partial charge in [-0.3, -0.25) is 0 Å². The third-order valence-electron chi connectivity index (χ3n) is 3.16. The summed E-state index contributed by atoms with van der Waals surface area (Å²) >= 11 is 0. The van der Waals surface area contributed by atoms with E-state index in [-0.39, 0.29) is 0 Å². The molecular weight excluding hydrogens is 234 g/mol. The fourth-order valence-electron chi connectivity index (χ4n) is 2.25. The molecule has 2 heteroatoms. The number of nitrogens with zero attached hydrogens (tertiary/aromatic N) is 1. The van der Waals surface area contributed by atoms with E-state index in [1.165, 1.54) is 0 Å². The van der Waals surface area contributed by atoms with E-state index in [4.69, 9.17) is 5.21 Å². The Hall–Kier alpha value is -2.61. The van der Waals surface area contributed by atoms with Crippen LogP contribution in [0.2, 0.25) is 0 Å². The number of benzene rings is 2. The van der Waals surface area contributed by atoms with Crippen LogP contribution >= 0.6 is 0 Å². The molecule has 0 aromatic heterocycles. The second-order valence-corrected chi connectivity index (χ2v) is 4.37. The number of allylic oxidation sites excluding steroid dienone is 3. The molecule has 3 rings (SSSR count). The highest BCUT2D eigenvalue weighted by atomic mass is 16.4. The van der Waals surface area contributed by atoms with E-state index in [2.05, 4.69) is 23.4 Å². The molecule has 92 valence electrons. The van der Waals surface area contributed by atoms with Crippen LogP contribution in [-0.2, 0) is 0 Å². The molecule has 0 fully saturated rings. The normalized spacial score (nSPS) is 17.7. The van der Waals surface area contributed by atoms with E-state index in [0.717, 1.165) is 22.3 Å². The monoisotopic (exact) mass is 247 g/mol. The Morgan fingerprint density at radius 3 is 2.21 bits per heavy atom. The summed E-state index contributed by atoms with van der Waals surface area (Å²) in [4.78, 5) is 0. The highest BCUT2D eigenvalue weighted by molar-refractivity contribution is 6.16. The second kappa shape index (κ2) is 4.94. The van der Waals surface area contributed by atoms with Gasteiger partial charge in [0.05, 0.1) is 0 Å². The molecule has 0 atom stereocenters. The van der Waals surface area contributed by atoms with Crippen molar-refractivity contribution in [3.63, 3.8) is 0 Å². The predicted octanol–water partition coefficient (Wildman–Crippen LogP) is 3.98. The van der Waals surface area contributed by atoms with Gasteiger partial charge in [-0.2, -0.15) is 0 Å². The molecule has 0 saturated carbocycles. The van der Waals surface area contributed by atoms with Gasteiger partial charge in [0, 0.05) is 5.56 Å². The third-order valence-corrected chi connectivity index (χ3v) is 3.16. The lowest BCUT2D eigenvalue weighted by molar-refractivity contribution is 0.320. The molecule has 0 radical (unpaired) electrons. The number of oxime groups is 1. The van der Waals surface area contributed by atoms with Gasteiger partial charge < -0.3 is 5.21 Å². The largest absolute Gasteiger partial charge is 0.410 e. The van der Waals surface area contributed by atoms with Gasteiger partial charge in [0.15, 0.2) is 0 Å². The zero-order valence-corrected chi connectivity index (χ0v) is 10.3. The van der Waals surface area contributed by atoms with Crippen molar-refractivity contribution in [3.8, 4) is 0 Å². The Morgan fingerprint density at radius 2 is 1.47 bits per heavy atom. The van der Waals surface area contributed by atoms with Crippen molar-refractivity contribution in [2.75, 3.05) is 0 Å². The Kier molecular flexibility index (Phi) is 2.99. The minimum absolute atomic E-state index is 0.598. The highest BCUT2D eigenvalue weighted by Gasteiger charge is 2.14. The molecule has 0 bridgehead atoms. The average Bonchev–Trinajstić information content (AvgIpc) is 2.49. The van der Waals surface area contributed by atoms with E-state index < -0.39 is 0 Å². The Morgan fingerprint density at radius 1 is 0.789 bits per heavy atom. The van der Waals surface area contributed by atoms with Crippen molar-refractivity contribution in [3.05, 3.63) is 83.4 Å². The van der Waals surface area contributed by atoms with Gasteiger partial charge >= 0.3 is 0 Å². The summed E-state index contributed by atoms with van der Waals surface area (Å²) in [5, 5.41) is 12.4. The second-order valence-electron chi connectivity index (χ2n) is 4.37. The fourth-order valence-corrected chi connectivity index (χ4v) is 2.25. The van der Waals surface area contributed by atoms with Crippen molar-refractivity contribution < 1.29 is 5.21 Å². The molecular formula is C17H13NO. The van der Waals surface area contributed by atoms with E-state index in [1.807, 2.05) is 54.6 Å². The average molecular weight is 247 g/mol. The summed E-state index contributed by atoms with van der Waals surface area (Å²) in [6, 6.07) is 18.1. The van der Waals surface area contributed by atoms with Gasteiger partial charge in [-0.15, -0.1) is 0 Å². The summed E-state index contributed by atoms with van der Waals surface area (Å²) in [5.74, 6) is 0. The quantitative estimate of drug-likeness (QED) is 0.600. The zero-order chi connectivity index (χ0) is 13.1. The van der Waals surface area contributed by atoms with Crippen molar-refractivity contribution in [2.24, 2.45) is 5.16 Å². The van der Waals surface area contributed by atoms with Crippen LogP contribution < -0.4 is 0 Å². The van der Waals surface area contributed by atoms with Gasteiger partial charge in [0.2, 0.25) is 0 Å². The first-order chi connectivity index (χ1) is 9.38. The maximum absolute atomic E-state index is 9.03. The maximum Gasteiger partial charge on any atom is 0.110 e. The smallest absolute Gasteiger partial charge is 0.110 e. The van der Waals surface area contributed by atoms with Crippen LogP contribution in [0.3, 0.4) is 0 Å². The summed E-state index contributed by atoms with van der Waals surface area (Å²) in [6.45, 7) is 0. The van der Waals surface area contributed by atoms with Crippen LogP contribution in [0.25, 0.3) is 11.6 Å². The fraction of sp³-hybridized carbons (Fsp3) is 0. The van der Waals surface area contributed by atoms with Gasteiger partial charge in [-0.1, -0.05) is 65.8 Å². The molecule has 1 N–H and O–H groups in total. The molecule has 2 nitrogen and oxygen atoms in total. The molecule has 1 aliphatic rings. The number of fused-ring (bicyclic) bond motifs is 1. The van der Waals surface area contributed by atoms with Gasteiger partial charge in [0.1, 0.15) is 5.71 Å². The van der Waals surface area contributed by atoms with Gasteiger partial charge in [0.25, 0.3) is 0 Å². The summed E-state index contributed by atoms with van der Waals surface area (Å²) in [7, 11) is 0. The lowest BCUT2D eigenvalue weighted by atomic mass is 9.90. The van der Waals surface area contributed by atoms with E-state index in [1.54, 1.807) is 0 Å². The van der Waals surface area contributed by atoms with E-state index in [9.17, 15) is 0 Å². The zero-order valence-electron chi connectivity index (χ0n) is 10.3. The first kappa shape index (κ1) is 11.5. The molecule has 19 heavy (non-hydrogen) atoms. The van der Waals surface area contributed by atoms with Crippen molar-refractivity contribution >= 4 is 17.4 Å². The van der Waals surface area contributed by atoms with Crippen LogP contribution in [0.4, 0.5) is 0 Å². The van der Waals surface area contributed by atoms with Crippen molar-refractivity contribution in [1.29, 1.82) is 0 Å². The Balaban J connectivity index is 2.13. The van der Waals surface area contributed by atoms with E-state index >= 15 is 0 Å². The minimum Gasteiger partial charge on any atom is -0.410 e. The SMILES string of the molecule is O/N=C1/C=CC(=Cc2ccccc2)c2ccccc21. The summed E-state index contributed by atoms with van der Waals surface area (Å²) in [6.07, 6.45) is 5.94. The number of hydrogen-bond donors (Lipinski definition) is 1. The third kappa shape index (κ3) is 2.20. The van der Waals surface area contributed by atoms with Crippen LogP contribution in [0.15, 0.2) is 71.9 Å². The molecule has 0 saturated heterocycles. The lowest BCUT2D eigenvalue weighted by Crippen LogP contribution is -2.05. The summed E-state index contributed by atoms with van der Waals surface area (Å²) < 4.78 is 0. The Labute approximate surface area is 112 Å². The molecule has 0 spiro atoms. The molecule has 1 aliphatic carbocycles. The molecule has 2 aromatic carbocycles. The van der Waals surface area contributed by atoms with Crippen LogP contribution in [0.1, 0.15) is 16.7 Å². The number of hydrogen-bond acceptors (Lipinski definition) is 2. The Bertz CT molecular complexity index is 681. The highest BCUT2D eigenvalue weighted by Crippen LogP contribution is 2.27. The molecule has 2 aromatic rings.